The van der Waals surface area contributed by atoms with Crippen LogP contribution < -0.4 is 5.32 Å². The zero-order valence-corrected chi connectivity index (χ0v) is 11.7. The summed E-state index contributed by atoms with van der Waals surface area (Å²) >= 11 is 3.28. The molecule has 0 radical (unpaired) electrons. The summed E-state index contributed by atoms with van der Waals surface area (Å²) in [5.41, 5.74) is -0.504. The molecule has 90 valence electrons. The van der Waals surface area contributed by atoms with E-state index in [2.05, 4.69) is 26.2 Å². The highest BCUT2D eigenvalue weighted by Crippen LogP contribution is 2.14. The molecule has 0 aromatic carbocycles. The Kier molecular flexibility index (Phi) is 5.75. The molecule has 1 aromatic heterocycles. The van der Waals surface area contributed by atoms with Crippen molar-refractivity contribution in [3.05, 3.63) is 22.8 Å². The number of halogens is 2. The van der Waals surface area contributed by atoms with E-state index in [1.165, 1.54) is 0 Å². The van der Waals surface area contributed by atoms with Gasteiger partial charge in [-0.05, 0) is 32.9 Å². The van der Waals surface area contributed by atoms with E-state index in [1.807, 2.05) is 0 Å². The average molecular weight is 310 g/mol. The molecule has 0 atom stereocenters. The van der Waals surface area contributed by atoms with Crippen molar-refractivity contribution in [3.63, 3.8) is 0 Å². The smallest absolute Gasteiger partial charge is 0.413 e. The van der Waals surface area contributed by atoms with E-state index in [9.17, 15) is 4.79 Å². The minimum absolute atomic E-state index is 0. The molecule has 16 heavy (non-hydrogen) atoms. The number of carbonyl (C=O) groups excluding carboxylic acids is 1. The summed E-state index contributed by atoms with van der Waals surface area (Å²) < 4.78 is 5.93. The maximum absolute atomic E-state index is 11.4. The second-order valence-corrected chi connectivity index (χ2v) is 4.90. The molecule has 1 heterocycles. The van der Waals surface area contributed by atoms with Gasteiger partial charge in [-0.3, -0.25) is 5.32 Å². The van der Waals surface area contributed by atoms with Crippen molar-refractivity contribution in [1.82, 2.24) is 4.98 Å². The molecule has 0 aliphatic rings. The van der Waals surface area contributed by atoms with Gasteiger partial charge in [-0.25, -0.2) is 9.78 Å². The third-order valence-corrected chi connectivity index (χ3v) is 1.84. The Bertz CT molecular complexity index is 366. The van der Waals surface area contributed by atoms with Crippen LogP contribution in [0.4, 0.5) is 10.6 Å². The van der Waals surface area contributed by atoms with Crippen LogP contribution in [0.1, 0.15) is 20.8 Å². The molecule has 0 aliphatic carbocycles. The molecule has 1 rings (SSSR count). The molecule has 0 saturated heterocycles. The van der Waals surface area contributed by atoms with Gasteiger partial charge in [-0.15, -0.1) is 12.4 Å². The molecule has 0 unspecified atom stereocenters. The lowest BCUT2D eigenvalue weighted by Crippen LogP contribution is -2.27. The summed E-state index contributed by atoms with van der Waals surface area (Å²) in [5, 5.41) is 2.54. The highest BCUT2D eigenvalue weighted by Gasteiger charge is 2.16. The minimum Gasteiger partial charge on any atom is -0.444 e. The van der Waals surface area contributed by atoms with Gasteiger partial charge >= 0.3 is 6.09 Å². The first-order valence-electron chi connectivity index (χ1n) is 4.48. The minimum atomic E-state index is -0.506. The topological polar surface area (TPSA) is 51.2 Å². The van der Waals surface area contributed by atoms with Crippen LogP contribution >= 0.6 is 28.3 Å². The van der Waals surface area contributed by atoms with Crippen LogP contribution in [-0.2, 0) is 4.74 Å². The molecule has 1 aromatic rings. The fourth-order valence-electron chi connectivity index (χ4n) is 0.881. The number of nitrogens with one attached hydrogen (secondary N) is 1. The van der Waals surface area contributed by atoms with Crippen LogP contribution in [0.15, 0.2) is 22.8 Å². The first kappa shape index (κ1) is 15.2. The predicted octanol–water partition coefficient (Wildman–Crippen LogP) is 3.61. The average Bonchev–Trinajstić information content (AvgIpc) is 1.99. The molecule has 0 fully saturated rings. The van der Waals surface area contributed by atoms with E-state index < -0.39 is 11.7 Å². The summed E-state index contributed by atoms with van der Waals surface area (Å²) in [7, 11) is 0. The molecule has 0 spiro atoms. The number of rotatable bonds is 1. The van der Waals surface area contributed by atoms with Gasteiger partial charge in [0.05, 0.1) is 0 Å². The molecule has 1 N–H and O–H groups in total. The molecule has 6 heteroatoms. The molecule has 4 nitrogen and oxygen atoms in total. The third kappa shape index (κ3) is 5.92. The number of aromatic nitrogens is 1. The monoisotopic (exact) mass is 308 g/mol. The van der Waals surface area contributed by atoms with E-state index in [0.717, 1.165) is 4.47 Å². The number of anilines is 1. The van der Waals surface area contributed by atoms with E-state index >= 15 is 0 Å². The molecular weight excluding hydrogens is 295 g/mol. The van der Waals surface area contributed by atoms with Crippen LogP contribution in [0.5, 0.6) is 0 Å². The summed E-state index contributed by atoms with van der Waals surface area (Å²) in [6.07, 6.45) is 1.09. The van der Waals surface area contributed by atoms with E-state index in [4.69, 9.17) is 4.74 Å². The van der Waals surface area contributed by atoms with Crippen molar-refractivity contribution in [2.75, 3.05) is 5.32 Å². The quantitative estimate of drug-likeness (QED) is 0.862. The second-order valence-electron chi connectivity index (χ2n) is 3.99. The first-order valence-corrected chi connectivity index (χ1v) is 5.28. The lowest BCUT2D eigenvalue weighted by molar-refractivity contribution is 0.0635. The Morgan fingerprint density at radius 2 is 2.12 bits per heavy atom. The van der Waals surface area contributed by atoms with Gasteiger partial charge in [-0.2, -0.15) is 0 Å². The standard InChI is InChI=1S/C10H13BrN2O2.ClH/c1-10(2,3)15-9(14)13-8-6-7(11)4-5-12-8;/h4-6H,1-3H3,(H,12,13,14);1H. The number of nitrogens with zero attached hydrogens (tertiary/aromatic N) is 1. The van der Waals surface area contributed by atoms with Crippen LogP contribution in [-0.4, -0.2) is 16.7 Å². The Hall–Kier alpha value is -0.810. The second kappa shape index (κ2) is 6.06. The van der Waals surface area contributed by atoms with Gasteiger partial charge in [0, 0.05) is 10.7 Å². The number of hydrogen-bond donors (Lipinski definition) is 1. The molecular formula is C10H14BrClN2O2. The van der Waals surface area contributed by atoms with E-state index in [1.54, 1.807) is 39.1 Å². The number of pyridine rings is 1. The van der Waals surface area contributed by atoms with Gasteiger partial charge in [0.1, 0.15) is 11.4 Å². The molecule has 1 amide bonds. The van der Waals surface area contributed by atoms with Gasteiger partial charge in [-0.1, -0.05) is 15.9 Å². The van der Waals surface area contributed by atoms with E-state index in [0.29, 0.717) is 5.82 Å². The van der Waals surface area contributed by atoms with E-state index in [-0.39, 0.29) is 12.4 Å². The zero-order valence-electron chi connectivity index (χ0n) is 9.28. The summed E-state index contributed by atoms with van der Waals surface area (Å²) in [6.45, 7) is 5.42. The van der Waals surface area contributed by atoms with Crippen LogP contribution in [0.25, 0.3) is 0 Å². The van der Waals surface area contributed by atoms with Gasteiger partial charge < -0.3 is 4.74 Å². The largest absolute Gasteiger partial charge is 0.444 e. The number of hydrogen-bond acceptors (Lipinski definition) is 3. The Morgan fingerprint density at radius 3 is 2.62 bits per heavy atom. The van der Waals surface area contributed by atoms with Gasteiger partial charge in [0.25, 0.3) is 0 Å². The van der Waals surface area contributed by atoms with Crippen molar-refractivity contribution in [2.45, 2.75) is 26.4 Å². The highest BCUT2D eigenvalue weighted by molar-refractivity contribution is 9.10. The number of amides is 1. The number of carbonyl (C=O) groups is 1. The first-order chi connectivity index (χ1) is 6.87. The lowest BCUT2D eigenvalue weighted by Gasteiger charge is -2.19. The molecule has 0 aliphatic heterocycles. The van der Waals surface area contributed by atoms with Crippen LogP contribution in [0, 0.1) is 0 Å². The van der Waals surface area contributed by atoms with Crippen LogP contribution in [0.3, 0.4) is 0 Å². The summed E-state index contributed by atoms with van der Waals surface area (Å²) in [4.78, 5) is 15.3. The summed E-state index contributed by atoms with van der Waals surface area (Å²) in [5.74, 6) is 0.457. The normalized spacial score (nSPS) is 10.2. The van der Waals surface area contributed by atoms with Crippen molar-refractivity contribution >= 4 is 40.2 Å². The highest BCUT2D eigenvalue weighted by atomic mass is 79.9. The Balaban J connectivity index is 0.00000225. The van der Waals surface area contributed by atoms with Gasteiger partial charge in [0.15, 0.2) is 0 Å². The zero-order chi connectivity index (χ0) is 11.5. The van der Waals surface area contributed by atoms with Gasteiger partial charge in [0.2, 0.25) is 0 Å². The fourth-order valence-corrected chi connectivity index (χ4v) is 1.22. The van der Waals surface area contributed by atoms with Crippen LogP contribution in [0.2, 0.25) is 0 Å². The van der Waals surface area contributed by atoms with Crippen molar-refractivity contribution in [1.29, 1.82) is 0 Å². The Labute approximate surface area is 109 Å². The fraction of sp³-hybridized carbons (Fsp3) is 0.400. The molecule has 0 bridgehead atoms. The van der Waals surface area contributed by atoms with Crippen molar-refractivity contribution < 1.29 is 9.53 Å². The lowest BCUT2D eigenvalue weighted by atomic mass is 10.2. The van der Waals surface area contributed by atoms with Crippen molar-refractivity contribution in [3.8, 4) is 0 Å². The summed E-state index contributed by atoms with van der Waals surface area (Å²) in [6, 6.07) is 3.48. The molecule has 0 saturated carbocycles. The maximum atomic E-state index is 11.4. The third-order valence-electron chi connectivity index (χ3n) is 1.35. The number of ether oxygens (including phenoxy) is 1. The maximum Gasteiger partial charge on any atom is 0.413 e. The van der Waals surface area contributed by atoms with Crippen molar-refractivity contribution in [2.24, 2.45) is 0 Å². The Morgan fingerprint density at radius 1 is 1.50 bits per heavy atom. The SMILES string of the molecule is CC(C)(C)OC(=O)Nc1cc(Br)ccn1.Cl. The predicted molar refractivity (Wildman–Crippen MR) is 69.0 cm³/mol.